The number of anilines is 1. The number of rotatable bonds is 5. The van der Waals surface area contributed by atoms with E-state index in [1.807, 2.05) is 20.0 Å². The maximum Gasteiger partial charge on any atom is 0.175 e. The van der Waals surface area contributed by atoms with Gasteiger partial charge in [-0.1, -0.05) is 23.9 Å². The molecule has 0 aliphatic rings. The maximum absolute atomic E-state index is 13.0. The number of hydrogen-bond donors (Lipinski definition) is 1. The highest BCUT2D eigenvalue weighted by Gasteiger charge is 2.05. The number of ether oxygens (including phenoxy) is 1. The summed E-state index contributed by atoms with van der Waals surface area (Å²) in [6, 6.07) is 10.7. The van der Waals surface area contributed by atoms with Crippen LogP contribution in [-0.4, -0.2) is 18.9 Å². The number of aryl methyl sites for hydroxylation is 2. The molecule has 0 heterocycles. The van der Waals surface area contributed by atoms with Crippen molar-refractivity contribution >= 4 is 23.1 Å². The zero-order chi connectivity index (χ0) is 17.2. The van der Waals surface area contributed by atoms with E-state index in [1.54, 1.807) is 12.3 Å². The molecule has 0 saturated carbocycles. The quantitative estimate of drug-likeness (QED) is 0.810. The molecule has 0 fully saturated rings. The fraction of sp³-hybridized carbons (Fsp3) is 0.278. The molecule has 23 heavy (non-hydrogen) atoms. The van der Waals surface area contributed by atoms with Crippen LogP contribution in [0.3, 0.4) is 0 Å². The molecule has 0 atom stereocenters. The van der Waals surface area contributed by atoms with Gasteiger partial charge in [-0.15, -0.1) is 0 Å². The van der Waals surface area contributed by atoms with Gasteiger partial charge in [0.1, 0.15) is 18.2 Å². The van der Waals surface area contributed by atoms with E-state index in [2.05, 4.69) is 24.4 Å². The number of hydrogen-bond acceptors (Lipinski definition) is 4. The van der Waals surface area contributed by atoms with Crippen molar-refractivity contribution in [1.82, 2.24) is 0 Å². The van der Waals surface area contributed by atoms with E-state index < -0.39 is 0 Å². The van der Waals surface area contributed by atoms with Crippen molar-refractivity contribution in [2.24, 2.45) is 0 Å². The Morgan fingerprint density at radius 1 is 1.22 bits per heavy atom. The van der Waals surface area contributed by atoms with Gasteiger partial charge in [0.25, 0.3) is 0 Å². The molecule has 0 saturated heterocycles. The van der Waals surface area contributed by atoms with Crippen LogP contribution in [0.2, 0.25) is 0 Å². The van der Waals surface area contributed by atoms with Gasteiger partial charge in [-0.2, -0.15) is 0 Å². The molecular formula is C18H22FNO2S. The minimum absolute atomic E-state index is 0.240. The Morgan fingerprint density at radius 2 is 1.91 bits per heavy atom. The van der Waals surface area contributed by atoms with Gasteiger partial charge in [0.2, 0.25) is 0 Å². The lowest BCUT2D eigenvalue weighted by molar-refractivity contribution is 0.304. The Labute approximate surface area is 141 Å². The average Bonchev–Trinajstić information content (AvgIpc) is 2.55. The maximum atomic E-state index is 13.0. The SMILES string of the molecule is CNc1cc(C)ccc1COc1ccc(F)cc1C.CSC=O. The summed E-state index contributed by atoms with van der Waals surface area (Å²) < 4.78 is 18.8. The first-order chi connectivity index (χ1) is 11.0. The molecule has 0 unspecified atom stereocenters. The van der Waals surface area contributed by atoms with Crippen molar-refractivity contribution in [2.45, 2.75) is 20.5 Å². The van der Waals surface area contributed by atoms with Crippen LogP contribution >= 0.6 is 11.8 Å². The molecule has 3 nitrogen and oxygen atoms in total. The van der Waals surface area contributed by atoms with Gasteiger partial charge in [-0.25, -0.2) is 4.39 Å². The molecular weight excluding hydrogens is 313 g/mol. The minimum Gasteiger partial charge on any atom is -0.489 e. The standard InChI is InChI=1S/C16H18FNO.C2H4OS/c1-11-4-5-13(15(8-11)18-3)10-19-16-7-6-14(17)9-12(16)2;1-4-2-3/h4-9,18H,10H2,1-3H3;2H,1H3. The highest BCUT2D eigenvalue weighted by molar-refractivity contribution is 8.11. The van der Waals surface area contributed by atoms with Crippen LogP contribution in [0, 0.1) is 19.7 Å². The number of benzene rings is 2. The highest BCUT2D eigenvalue weighted by Crippen LogP contribution is 2.22. The van der Waals surface area contributed by atoms with E-state index in [0.29, 0.717) is 12.4 Å². The second-order valence-electron chi connectivity index (χ2n) is 4.94. The molecule has 0 spiro atoms. The van der Waals surface area contributed by atoms with E-state index in [0.717, 1.165) is 22.4 Å². The minimum atomic E-state index is -0.240. The van der Waals surface area contributed by atoms with E-state index in [-0.39, 0.29) is 5.82 Å². The first-order valence-corrected chi connectivity index (χ1v) is 8.43. The molecule has 1 N–H and O–H groups in total. The summed E-state index contributed by atoms with van der Waals surface area (Å²) in [7, 11) is 1.89. The summed E-state index contributed by atoms with van der Waals surface area (Å²) in [5.41, 5.74) is 4.93. The van der Waals surface area contributed by atoms with Crippen molar-refractivity contribution in [3.8, 4) is 5.75 Å². The van der Waals surface area contributed by atoms with E-state index >= 15 is 0 Å². The molecule has 0 aromatic heterocycles. The van der Waals surface area contributed by atoms with Crippen molar-refractivity contribution in [1.29, 1.82) is 0 Å². The second-order valence-corrected chi connectivity index (χ2v) is 5.60. The van der Waals surface area contributed by atoms with Crippen LogP contribution in [0.25, 0.3) is 0 Å². The highest BCUT2D eigenvalue weighted by atomic mass is 32.2. The molecule has 0 bridgehead atoms. The first kappa shape index (κ1) is 19.0. The largest absolute Gasteiger partial charge is 0.489 e. The topological polar surface area (TPSA) is 38.3 Å². The predicted octanol–water partition coefficient (Wildman–Crippen LogP) is 4.60. The van der Waals surface area contributed by atoms with Crippen LogP contribution in [-0.2, 0) is 11.4 Å². The molecule has 0 radical (unpaired) electrons. The Bertz CT molecular complexity index is 647. The lowest BCUT2D eigenvalue weighted by atomic mass is 10.1. The number of carbonyl (C=O) groups is 1. The van der Waals surface area contributed by atoms with Gasteiger partial charge in [0, 0.05) is 18.3 Å². The summed E-state index contributed by atoms with van der Waals surface area (Å²) in [6.07, 6.45) is 1.73. The van der Waals surface area contributed by atoms with E-state index in [9.17, 15) is 4.39 Å². The third kappa shape index (κ3) is 6.32. The second kappa shape index (κ2) is 9.90. The van der Waals surface area contributed by atoms with Crippen molar-refractivity contribution in [2.75, 3.05) is 18.6 Å². The Balaban J connectivity index is 0.000000593. The third-order valence-corrected chi connectivity index (χ3v) is 3.34. The summed E-state index contributed by atoms with van der Waals surface area (Å²) in [6.45, 7) is 4.35. The molecule has 0 amide bonds. The predicted molar refractivity (Wildman–Crippen MR) is 96.5 cm³/mol. The number of halogens is 1. The molecule has 2 rings (SSSR count). The average molecular weight is 335 g/mol. The molecule has 2 aromatic rings. The first-order valence-electron chi connectivity index (χ1n) is 7.14. The fourth-order valence-corrected chi connectivity index (χ4v) is 1.98. The van der Waals surface area contributed by atoms with Gasteiger partial charge in [0.15, 0.2) is 5.62 Å². The Morgan fingerprint density at radius 3 is 2.48 bits per heavy atom. The van der Waals surface area contributed by atoms with Crippen molar-refractivity contribution in [3.63, 3.8) is 0 Å². The van der Waals surface area contributed by atoms with Gasteiger partial charge in [-0.05, 0) is 55.5 Å². The lowest BCUT2D eigenvalue weighted by Gasteiger charge is -2.13. The van der Waals surface area contributed by atoms with Crippen molar-refractivity contribution < 1.29 is 13.9 Å². The normalized spacial score (nSPS) is 9.61. The van der Waals surface area contributed by atoms with Crippen LogP contribution in [0.15, 0.2) is 36.4 Å². The summed E-state index contributed by atoms with van der Waals surface area (Å²) in [5.74, 6) is 0.472. The summed E-state index contributed by atoms with van der Waals surface area (Å²) in [5, 5.41) is 3.16. The Kier molecular flexibility index (Phi) is 8.19. The van der Waals surface area contributed by atoms with E-state index in [4.69, 9.17) is 9.53 Å². The van der Waals surface area contributed by atoms with Gasteiger partial charge in [-0.3, -0.25) is 4.79 Å². The molecule has 2 aromatic carbocycles. The zero-order valence-electron chi connectivity index (χ0n) is 13.9. The van der Waals surface area contributed by atoms with Crippen molar-refractivity contribution in [3.05, 3.63) is 58.9 Å². The molecule has 0 aliphatic heterocycles. The summed E-state index contributed by atoms with van der Waals surface area (Å²) in [4.78, 5) is 9.14. The van der Waals surface area contributed by atoms with Crippen LogP contribution < -0.4 is 10.1 Å². The van der Waals surface area contributed by atoms with Crippen LogP contribution in [0.1, 0.15) is 16.7 Å². The smallest absolute Gasteiger partial charge is 0.175 e. The third-order valence-electron chi connectivity index (χ3n) is 3.15. The fourth-order valence-electron chi connectivity index (χ4n) is 1.98. The van der Waals surface area contributed by atoms with Gasteiger partial charge < -0.3 is 10.1 Å². The van der Waals surface area contributed by atoms with E-state index in [1.165, 1.54) is 29.5 Å². The molecule has 0 aliphatic carbocycles. The lowest BCUT2D eigenvalue weighted by Crippen LogP contribution is -2.02. The molecule has 5 heteroatoms. The van der Waals surface area contributed by atoms with Gasteiger partial charge >= 0.3 is 0 Å². The number of nitrogens with one attached hydrogen (secondary N) is 1. The zero-order valence-corrected chi connectivity index (χ0v) is 14.7. The molecule has 124 valence electrons. The van der Waals surface area contributed by atoms with Gasteiger partial charge in [0.05, 0.1) is 0 Å². The number of thioether (sulfide) groups is 1. The summed E-state index contributed by atoms with van der Waals surface area (Å²) >= 11 is 1.18. The Hall–Kier alpha value is -2.01. The monoisotopic (exact) mass is 335 g/mol. The van der Waals surface area contributed by atoms with Crippen LogP contribution in [0.5, 0.6) is 5.75 Å². The number of carbonyl (C=O) groups excluding carboxylic acids is 1. The van der Waals surface area contributed by atoms with Crippen LogP contribution in [0.4, 0.5) is 10.1 Å².